The van der Waals surface area contributed by atoms with Crippen molar-refractivity contribution in [1.29, 1.82) is 0 Å². The lowest BCUT2D eigenvalue weighted by molar-refractivity contribution is 0.671. The van der Waals surface area contributed by atoms with Gasteiger partial charge < -0.3 is 9.87 Å². The van der Waals surface area contributed by atoms with Gasteiger partial charge in [0.2, 0.25) is 0 Å². The van der Waals surface area contributed by atoms with E-state index in [4.69, 9.17) is 4.55 Å². The van der Waals surface area contributed by atoms with Crippen LogP contribution in [-0.2, 0) is 0 Å². The van der Waals surface area contributed by atoms with Gasteiger partial charge in [0.25, 0.3) is 0 Å². The average Bonchev–Trinajstić information content (AvgIpc) is 2.16. The summed E-state index contributed by atoms with van der Waals surface area (Å²) in [6.45, 7) is 2.05. The van der Waals surface area contributed by atoms with Crippen LogP contribution in [0.1, 0.15) is 11.1 Å². The van der Waals surface area contributed by atoms with Gasteiger partial charge >= 0.3 is 0 Å². The van der Waals surface area contributed by atoms with Crippen LogP contribution in [0, 0.1) is 6.92 Å². The van der Waals surface area contributed by atoms with E-state index < -0.39 is 0 Å². The molecule has 0 aromatic heterocycles. The molecular formula is C10H13NOS. The second-order valence-corrected chi connectivity index (χ2v) is 3.20. The summed E-state index contributed by atoms with van der Waals surface area (Å²) in [5.41, 5.74) is 3.23. The van der Waals surface area contributed by atoms with Gasteiger partial charge in [-0.15, -0.1) is 0 Å². The summed E-state index contributed by atoms with van der Waals surface area (Å²) in [5, 5.41) is 4.69. The minimum atomic E-state index is 0.709. The van der Waals surface area contributed by atoms with Crippen molar-refractivity contribution >= 4 is 17.7 Å². The Morgan fingerprint density at radius 1 is 1.38 bits per heavy atom. The van der Waals surface area contributed by atoms with Gasteiger partial charge in [0.15, 0.2) is 0 Å². The zero-order valence-corrected chi connectivity index (χ0v) is 8.56. The Balaban J connectivity index is 2.92. The third kappa shape index (κ3) is 2.79. The molecule has 0 aliphatic heterocycles. The maximum absolute atomic E-state index is 8.68. The normalized spacial score (nSPS) is 11.5. The molecule has 1 aromatic carbocycles. The van der Waals surface area contributed by atoms with Crippen molar-refractivity contribution < 1.29 is 4.55 Å². The molecule has 0 amide bonds. The molecule has 0 aliphatic carbocycles. The zero-order chi connectivity index (χ0) is 9.68. The van der Waals surface area contributed by atoms with Crippen LogP contribution in [0.3, 0.4) is 0 Å². The van der Waals surface area contributed by atoms with Gasteiger partial charge in [-0.1, -0.05) is 29.8 Å². The van der Waals surface area contributed by atoms with Crippen molar-refractivity contribution in [2.75, 3.05) is 7.05 Å². The molecule has 2 nitrogen and oxygen atoms in total. The Hall–Kier alpha value is -0.930. The van der Waals surface area contributed by atoms with Crippen LogP contribution < -0.4 is 5.32 Å². The second kappa shape index (κ2) is 4.94. The van der Waals surface area contributed by atoms with E-state index in [0.29, 0.717) is 12.0 Å². The summed E-state index contributed by atoms with van der Waals surface area (Å²) in [6.07, 6.45) is 0. The lowest BCUT2D eigenvalue weighted by Gasteiger charge is -2.05. The highest BCUT2D eigenvalue weighted by atomic mass is 32.2. The third-order valence-electron chi connectivity index (χ3n) is 1.80. The van der Waals surface area contributed by atoms with Gasteiger partial charge in [-0.2, -0.15) is 0 Å². The minimum Gasteiger partial charge on any atom is -0.387 e. The highest BCUT2D eigenvalue weighted by Gasteiger charge is 1.97. The van der Waals surface area contributed by atoms with Gasteiger partial charge in [0.1, 0.15) is 0 Å². The molecule has 70 valence electrons. The molecule has 1 rings (SSSR count). The van der Waals surface area contributed by atoms with Crippen molar-refractivity contribution in [2.24, 2.45) is 0 Å². The molecule has 2 N–H and O–H groups in total. The van der Waals surface area contributed by atoms with Gasteiger partial charge in [0, 0.05) is 30.2 Å². The number of hydrogen-bond acceptors (Lipinski definition) is 3. The van der Waals surface area contributed by atoms with E-state index in [2.05, 4.69) is 5.32 Å². The number of aryl methyl sites for hydroxylation is 1. The maximum Gasteiger partial charge on any atom is 0.0498 e. The van der Waals surface area contributed by atoms with Crippen LogP contribution in [0.25, 0.3) is 5.70 Å². The van der Waals surface area contributed by atoms with Crippen LogP contribution in [0.5, 0.6) is 0 Å². The fourth-order valence-electron chi connectivity index (χ4n) is 1.06. The maximum atomic E-state index is 8.68. The smallest absolute Gasteiger partial charge is 0.0498 e. The molecule has 13 heavy (non-hydrogen) atoms. The Morgan fingerprint density at radius 2 is 2.00 bits per heavy atom. The van der Waals surface area contributed by atoms with E-state index in [-0.39, 0.29) is 0 Å². The lowest BCUT2D eigenvalue weighted by atomic mass is 10.1. The molecule has 0 bridgehead atoms. The summed E-state index contributed by atoms with van der Waals surface area (Å²) in [7, 11) is 1.84. The molecule has 3 heteroatoms. The summed E-state index contributed by atoms with van der Waals surface area (Å²) < 4.78 is 8.68. The Bertz CT molecular complexity index is 292. The fraction of sp³-hybridized carbons (Fsp3) is 0.200. The Morgan fingerprint density at radius 3 is 2.46 bits per heavy atom. The Labute approximate surface area is 82.9 Å². The fourth-order valence-corrected chi connectivity index (χ4v) is 1.42. The summed E-state index contributed by atoms with van der Waals surface area (Å²) in [4.78, 5) is 0. The molecule has 0 fully saturated rings. The van der Waals surface area contributed by atoms with Crippen LogP contribution in [-0.4, -0.2) is 11.6 Å². The summed E-state index contributed by atoms with van der Waals surface area (Å²) >= 11 is 0.709. The number of nitrogens with one attached hydrogen (secondary N) is 1. The molecule has 0 spiro atoms. The van der Waals surface area contributed by atoms with Crippen molar-refractivity contribution in [2.45, 2.75) is 6.92 Å². The Kier molecular flexibility index (Phi) is 3.86. The highest BCUT2D eigenvalue weighted by Crippen LogP contribution is 2.14. The number of rotatable bonds is 3. The molecule has 0 saturated heterocycles. The summed E-state index contributed by atoms with van der Waals surface area (Å²) in [5.74, 6) is 0. The van der Waals surface area contributed by atoms with E-state index in [1.165, 1.54) is 5.56 Å². The molecule has 0 unspecified atom stereocenters. The first-order valence-electron chi connectivity index (χ1n) is 4.03. The van der Waals surface area contributed by atoms with E-state index in [1.807, 2.05) is 38.2 Å². The molecular weight excluding hydrogens is 182 g/mol. The zero-order valence-electron chi connectivity index (χ0n) is 7.74. The van der Waals surface area contributed by atoms with Gasteiger partial charge in [-0.3, -0.25) is 0 Å². The van der Waals surface area contributed by atoms with Gasteiger partial charge in [-0.25, -0.2) is 0 Å². The van der Waals surface area contributed by atoms with Crippen molar-refractivity contribution in [3.05, 3.63) is 40.8 Å². The first-order chi connectivity index (χ1) is 6.27. The van der Waals surface area contributed by atoms with Crippen molar-refractivity contribution in [1.82, 2.24) is 5.32 Å². The van der Waals surface area contributed by atoms with Crippen molar-refractivity contribution in [3.63, 3.8) is 0 Å². The van der Waals surface area contributed by atoms with Crippen LogP contribution >= 0.6 is 12.0 Å². The number of benzene rings is 1. The van der Waals surface area contributed by atoms with Gasteiger partial charge in [0.05, 0.1) is 0 Å². The standard InChI is InChI=1S/C10H13NOS/c1-8-3-5-9(6-4-8)10(11-2)7-13-12/h3-7,11-12H,1-2H3/b10-7-. The molecule has 0 heterocycles. The summed E-state index contributed by atoms with van der Waals surface area (Å²) in [6, 6.07) is 8.13. The minimum absolute atomic E-state index is 0.709. The number of hydrogen-bond donors (Lipinski definition) is 2. The average molecular weight is 195 g/mol. The first kappa shape index (κ1) is 10.2. The van der Waals surface area contributed by atoms with E-state index in [0.717, 1.165) is 11.3 Å². The molecule has 0 aliphatic rings. The van der Waals surface area contributed by atoms with Gasteiger partial charge in [-0.05, 0) is 12.5 Å². The second-order valence-electron chi connectivity index (χ2n) is 2.75. The van der Waals surface area contributed by atoms with Crippen LogP contribution in [0.4, 0.5) is 0 Å². The first-order valence-corrected chi connectivity index (χ1v) is 4.86. The lowest BCUT2D eigenvalue weighted by Crippen LogP contribution is -2.03. The van der Waals surface area contributed by atoms with Crippen LogP contribution in [0.15, 0.2) is 29.7 Å². The monoisotopic (exact) mass is 195 g/mol. The predicted molar refractivity (Wildman–Crippen MR) is 58.4 cm³/mol. The largest absolute Gasteiger partial charge is 0.387 e. The SMILES string of the molecule is CN/C(=C\SO)c1ccc(C)cc1. The van der Waals surface area contributed by atoms with E-state index >= 15 is 0 Å². The highest BCUT2D eigenvalue weighted by molar-refractivity contribution is 7.96. The predicted octanol–water partition coefficient (Wildman–Crippen LogP) is 2.72. The van der Waals surface area contributed by atoms with E-state index in [1.54, 1.807) is 5.41 Å². The quantitative estimate of drug-likeness (QED) is 0.727. The molecule has 1 aromatic rings. The third-order valence-corrected chi connectivity index (χ3v) is 2.14. The molecule has 0 atom stereocenters. The topological polar surface area (TPSA) is 32.3 Å². The molecule has 0 saturated carbocycles. The van der Waals surface area contributed by atoms with Crippen LogP contribution in [0.2, 0.25) is 0 Å². The van der Waals surface area contributed by atoms with E-state index in [9.17, 15) is 0 Å². The molecule has 0 radical (unpaired) electrons. The van der Waals surface area contributed by atoms with Crippen molar-refractivity contribution in [3.8, 4) is 0 Å².